The maximum atomic E-state index is 10.3. The zero-order valence-corrected chi connectivity index (χ0v) is 18.5. The van der Waals surface area contributed by atoms with E-state index >= 15 is 0 Å². The van der Waals surface area contributed by atoms with Gasteiger partial charge >= 0.3 is 23.9 Å². The number of allylic oxidation sites excluding steroid dienone is 6. The van der Waals surface area contributed by atoms with Gasteiger partial charge in [0, 0.05) is 43.8 Å². The fourth-order valence-electron chi connectivity index (χ4n) is 1.21. The van der Waals surface area contributed by atoms with Crippen LogP contribution in [0.5, 0.6) is 0 Å². The van der Waals surface area contributed by atoms with Crippen LogP contribution in [0.4, 0.5) is 0 Å². The van der Waals surface area contributed by atoms with Crippen molar-refractivity contribution in [2.24, 2.45) is 0 Å². The summed E-state index contributed by atoms with van der Waals surface area (Å²) in [6.07, 6.45) is 19.0. The number of carbonyl (C=O) groups excluding carboxylic acids is 4. The van der Waals surface area contributed by atoms with Crippen LogP contribution < -0.4 is 0 Å². The SMILES string of the molecule is C1=CC=CCCC=C1.COC(=O)C=CC(=O)OC.COC(=O)C=CC(=O)OC.[Ru]. The summed E-state index contributed by atoms with van der Waals surface area (Å²) in [6.45, 7) is 0. The molecule has 8 nitrogen and oxygen atoms in total. The van der Waals surface area contributed by atoms with Gasteiger partial charge in [-0.25, -0.2) is 19.2 Å². The topological polar surface area (TPSA) is 105 Å². The Morgan fingerprint density at radius 1 is 0.552 bits per heavy atom. The van der Waals surface area contributed by atoms with E-state index in [1.165, 1.54) is 41.3 Å². The van der Waals surface area contributed by atoms with Gasteiger partial charge in [0.15, 0.2) is 0 Å². The first-order valence-corrected chi connectivity index (χ1v) is 8.07. The van der Waals surface area contributed by atoms with Gasteiger partial charge in [-0.15, -0.1) is 0 Å². The summed E-state index contributed by atoms with van der Waals surface area (Å²) in [4.78, 5) is 41.3. The van der Waals surface area contributed by atoms with Gasteiger partial charge in [-0.05, 0) is 12.8 Å². The van der Waals surface area contributed by atoms with E-state index in [1.54, 1.807) is 0 Å². The number of hydrogen-bond donors (Lipinski definition) is 0. The van der Waals surface area contributed by atoms with Crippen LogP contribution in [-0.4, -0.2) is 52.3 Å². The Labute approximate surface area is 183 Å². The molecule has 1 aliphatic carbocycles. The van der Waals surface area contributed by atoms with Gasteiger partial charge in [0.05, 0.1) is 28.4 Å². The normalized spacial score (nSPS) is 11.4. The molecule has 0 amide bonds. The van der Waals surface area contributed by atoms with Crippen LogP contribution in [0.1, 0.15) is 12.8 Å². The quantitative estimate of drug-likeness (QED) is 0.253. The van der Waals surface area contributed by atoms with Crippen LogP contribution in [0.3, 0.4) is 0 Å². The third-order valence-corrected chi connectivity index (χ3v) is 2.62. The van der Waals surface area contributed by atoms with Gasteiger partial charge in [-0.2, -0.15) is 0 Å². The molecule has 29 heavy (non-hydrogen) atoms. The minimum Gasteiger partial charge on any atom is -0.466 e. The van der Waals surface area contributed by atoms with Crippen LogP contribution in [0.15, 0.2) is 60.8 Å². The fourth-order valence-corrected chi connectivity index (χ4v) is 1.21. The van der Waals surface area contributed by atoms with Crippen molar-refractivity contribution in [3.8, 4) is 0 Å². The van der Waals surface area contributed by atoms with E-state index in [0.29, 0.717) is 0 Å². The Hall–Kier alpha value is -2.80. The summed E-state index contributed by atoms with van der Waals surface area (Å²) in [5.74, 6) is -2.31. The van der Waals surface area contributed by atoms with Gasteiger partial charge in [-0.1, -0.05) is 36.5 Å². The Morgan fingerprint density at radius 2 is 0.793 bits per heavy atom. The molecule has 0 fully saturated rings. The van der Waals surface area contributed by atoms with Gasteiger partial charge in [-0.3, -0.25) is 0 Å². The molecule has 0 aromatic carbocycles. The van der Waals surface area contributed by atoms with Crippen molar-refractivity contribution in [3.63, 3.8) is 0 Å². The standard InChI is InChI=1S/C8H10.2C6H8O4.Ru/c1-2-4-6-8-7-5-3-1;2*1-9-5(7)3-4-6(8)10-2;/h1-6H,7-8H2;2*3-4H,1-2H3;. The third-order valence-electron chi connectivity index (χ3n) is 2.62. The molecule has 162 valence electrons. The van der Waals surface area contributed by atoms with Gasteiger partial charge in [0.25, 0.3) is 0 Å². The number of carbonyl (C=O) groups is 4. The van der Waals surface area contributed by atoms with E-state index in [9.17, 15) is 19.2 Å². The average molecular weight is 495 g/mol. The smallest absolute Gasteiger partial charge is 0.330 e. The van der Waals surface area contributed by atoms with Gasteiger partial charge in [0.1, 0.15) is 0 Å². The Balaban J connectivity index is -0.000000345. The first kappa shape index (κ1) is 30.9. The van der Waals surface area contributed by atoms with Crippen molar-refractivity contribution < 1.29 is 57.6 Å². The monoisotopic (exact) mass is 496 g/mol. The van der Waals surface area contributed by atoms with Crippen molar-refractivity contribution in [3.05, 3.63) is 60.8 Å². The van der Waals surface area contributed by atoms with Crippen LogP contribution in [0.25, 0.3) is 0 Å². The predicted octanol–water partition coefficient (Wildman–Crippen LogP) is 2.22. The molecular formula is C20H26O8Ru. The number of rotatable bonds is 4. The van der Waals surface area contributed by atoms with E-state index < -0.39 is 23.9 Å². The summed E-state index contributed by atoms with van der Waals surface area (Å²) < 4.78 is 16.8. The molecule has 0 heterocycles. The maximum absolute atomic E-state index is 10.3. The largest absolute Gasteiger partial charge is 0.466 e. The molecule has 0 bridgehead atoms. The molecule has 0 aromatic heterocycles. The van der Waals surface area contributed by atoms with Crippen molar-refractivity contribution >= 4 is 23.9 Å². The predicted molar refractivity (Wildman–Crippen MR) is 103 cm³/mol. The fraction of sp³-hybridized carbons (Fsp3) is 0.300. The van der Waals surface area contributed by atoms with E-state index in [2.05, 4.69) is 55.4 Å². The summed E-state index contributed by atoms with van der Waals surface area (Å²) >= 11 is 0. The third kappa shape index (κ3) is 25.2. The molecular weight excluding hydrogens is 469 g/mol. The summed E-state index contributed by atoms with van der Waals surface area (Å²) in [5, 5.41) is 0. The summed E-state index contributed by atoms with van der Waals surface area (Å²) in [5.41, 5.74) is 0. The first-order valence-electron chi connectivity index (χ1n) is 8.07. The van der Waals surface area contributed by atoms with E-state index in [-0.39, 0.29) is 19.5 Å². The summed E-state index contributed by atoms with van der Waals surface area (Å²) in [7, 11) is 4.90. The number of hydrogen-bond acceptors (Lipinski definition) is 8. The molecule has 0 spiro atoms. The van der Waals surface area contributed by atoms with Crippen LogP contribution in [0, 0.1) is 0 Å². The molecule has 0 aliphatic heterocycles. The van der Waals surface area contributed by atoms with Crippen LogP contribution >= 0.6 is 0 Å². The van der Waals surface area contributed by atoms with Crippen LogP contribution in [-0.2, 0) is 57.6 Å². The Bertz CT molecular complexity index is 540. The molecule has 9 heteroatoms. The van der Waals surface area contributed by atoms with Gasteiger partial charge < -0.3 is 18.9 Å². The minimum absolute atomic E-state index is 0. The van der Waals surface area contributed by atoms with Crippen molar-refractivity contribution in [2.75, 3.05) is 28.4 Å². The number of ether oxygens (including phenoxy) is 4. The summed E-state index contributed by atoms with van der Waals surface area (Å²) in [6, 6.07) is 0. The molecule has 0 aromatic rings. The average Bonchev–Trinajstić information content (AvgIpc) is 2.69. The number of esters is 4. The van der Waals surface area contributed by atoms with E-state index in [0.717, 1.165) is 24.3 Å². The van der Waals surface area contributed by atoms with Crippen molar-refractivity contribution in [1.29, 1.82) is 0 Å². The van der Waals surface area contributed by atoms with E-state index in [1.807, 2.05) is 0 Å². The zero-order valence-electron chi connectivity index (χ0n) is 16.8. The van der Waals surface area contributed by atoms with Crippen LogP contribution in [0.2, 0.25) is 0 Å². The molecule has 0 N–H and O–H groups in total. The van der Waals surface area contributed by atoms with Crippen molar-refractivity contribution in [1.82, 2.24) is 0 Å². The molecule has 1 aliphatic rings. The molecule has 0 radical (unpaired) electrons. The second kappa shape index (κ2) is 23.2. The molecule has 0 atom stereocenters. The first-order chi connectivity index (χ1) is 13.4. The van der Waals surface area contributed by atoms with Crippen molar-refractivity contribution in [2.45, 2.75) is 12.8 Å². The zero-order chi connectivity index (χ0) is 21.6. The molecule has 0 unspecified atom stereocenters. The molecule has 0 saturated heterocycles. The van der Waals surface area contributed by atoms with E-state index in [4.69, 9.17) is 0 Å². The Kier molecular flexibility index (Phi) is 24.8. The Morgan fingerprint density at radius 3 is 1.00 bits per heavy atom. The second-order valence-corrected chi connectivity index (χ2v) is 4.58. The maximum Gasteiger partial charge on any atom is 0.330 e. The second-order valence-electron chi connectivity index (χ2n) is 4.58. The van der Waals surface area contributed by atoms with Gasteiger partial charge in [0.2, 0.25) is 0 Å². The molecule has 0 saturated carbocycles. The number of methoxy groups -OCH3 is 4. The minimum atomic E-state index is -0.578. The molecule has 1 rings (SSSR count).